The summed E-state index contributed by atoms with van der Waals surface area (Å²) in [6.07, 6.45) is 0. The molecular formula is C48H32N4S2. The van der Waals surface area contributed by atoms with Crippen LogP contribution in [0.4, 0.5) is 0 Å². The molecule has 11 rings (SSSR count). The first-order valence-electron chi connectivity index (χ1n) is 17.9. The fraction of sp³-hybridized carbons (Fsp3) is 0. The van der Waals surface area contributed by atoms with Crippen LogP contribution in [0.5, 0.6) is 0 Å². The van der Waals surface area contributed by atoms with Gasteiger partial charge in [0, 0.05) is 49.4 Å². The van der Waals surface area contributed by atoms with E-state index in [1.54, 1.807) is 0 Å². The highest BCUT2D eigenvalue weighted by molar-refractivity contribution is 8.59. The maximum Gasteiger partial charge on any atom is 0.160 e. The molecule has 3 heterocycles. The number of hydrogen-bond donors (Lipinski definition) is 3. The molecule has 256 valence electrons. The van der Waals surface area contributed by atoms with Crippen molar-refractivity contribution in [2.75, 3.05) is 0 Å². The van der Waals surface area contributed by atoms with Crippen molar-refractivity contribution in [2.45, 2.75) is 0 Å². The molecule has 1 N–H and O–H groups in total. The van der Waals surface area contributed by atoms with Crippen LogP contribution in [0.1, 0.15) is 0 Å². The largest absolute Gasteiger partial charge is 0.353 e. The van der Waals surface area contributed by atoms with Gasteiger partial charge in [-0.15, -0.1) is 23.3 Å². The van der Waals surface area contributed by atoms with Gasteiger partial charge in [-0.05, 0) is 76.1 Å². The van der Waals surface area contributed by atoms with Gasteiger partial charge in [0.2, 0.25) is 0 Å². The minimum Gasteiger partial charge on any atom is -0.353 e. The average Bonchev–Trinajstić information content (AvgIpc) is 3.78. The van der Waals surface area contributed by atoms with Crippen LogP contribution in [0, 0.1) is 0 Å². The van der Waals surface area contributed by atoms with E-state index in [0.29, 0.717) is 5.82 Å². The van der Waals surface area contributed by atoms with Crippen molar-refractivity contribution in [3.63, 3.8) is 0 Å². The number of rotatable bonds is 4. The van der Waals surface area contributed by atoms with Gasteiger partial charge >= 0.3 is 0 Å². The van der Waals surface area contributed by atoms with Gasteiger partial charge in [0.1, 0.15) is 0 Å². The number of fused-ring (bicyclic) bond motifs is 9. The van der Waals surface area contributed by atoms with Crippen molar-refractivity contribution in [1.29, 1.82) is 0 Å². The molecule has 3 aromatic heterocycles. The molecule has 6 heteroatoms. The maximum absolute atomic E-state index is 5.09. The molecule has 0 bridgehead atoms. The van der Waals surface area contributed by atoms with Crippen LogP contribution < -0.4 is 0 Å². The highest BCUT2D eigenvalue weighted by atomic mass is 33.1. The third kappa shape index (κ3) is 5.33. The second kappa shape index (κ2) is 13.3. The van der Waals surface area contributed by atoms with E-state index in [9.17, 15) is 0 Å². The van der Waals surface area contributed by atoms with E-state index in [2.05, 4.69) is 197 Å². The normalized spacial score (nSPS) is 11.5. The van der Waals surface area contributed by atoms with Crippen LogP contribution in [0.3, 0.4) is 0 Å². The quantitative estimate of drug-likeness (QED) is 0.125. The van der Waals surface area contributed by atoms with Crippen LogP contribution in [0.15, 0.2) is 176 Å². The Labute approximate surface area is 322 Å². The molecule has 0 aliphatic carbocycles. The Bertz CT molecular complexity index is 3110. The lowest BCUT2D eigenvalue weighted by Crippen LogP contribution is -1.97. The lowest BCUT2D eigenvalue weighted by molar-refractivity contribution is 1.17. The zero-order valence-corrected chi connectivity index (χ0v) is 30.8. The predicted molar refractivity (Wildman–Crippen MR) is 235 cm³/mol. The molecule has 0 radical (unpaired) electrons. The number of nitrogens with one attached hydrogen (secondary N) is 1. The molecule has 0 unspecified atom stereocenters. The van der Waals surface area contributed by atoms with Crippen molar-refractivity contribution in [1.82, 2.24) is 19.5 Å². The van der Waals surface area contributed by atoms with Crippen molar-refractivity contribution in [2.24, 2.45) is 0 Å². The third-order valence-corrected chi connectivity index (χ3v) is 10.5. The lowest BCUT2D eigenvalue weighted by Gasteiger charge is -2.12. The molecule has 0 spiro atoms. The minimum atomic E-state index is 0.699. The number of thiol groups is 2. The molecule has 8 aromatic carbocycles. The van der Waals surface area contributed by atoms with Crippen LogP contribution in [-0.2, 0) is 0 Å². The highest BCUT2D eigenvalue weighted by Gasteiger charge is 2.19. The van der Waals surface area contributed by atoms with E-state index in [0.717, 1.165) is 44.8 Å². The molecule has 4 nitrogen and oxygen atoms in total. The number of benzene rings is 8. The molecule has 0 saturated heterocycles. The average molecular weight is 729 g/mol. The summed E-state index contributed by atoms with van der Waals surface area (Å²) in [5.74, 6) is 0.699. The third-order valence-electron chi connectivity index (χ3n) is 10.5. The van der Waals surface area contributed by atoms with Gasteiger partial charge in [-0.1, -0.05) is 121 Å². The zero-order chi connectivity index (χ0) is 36.2. The predicted octanol–water partition coefficient (Wildman–Crippen LogP) is 13.3. The Morgan fingerprint density at radius 3 is 1.56 bits per heavy atom. The number of aromatic nitrogens is 4. The first-order chi connectivity index (χ1) is 26.7. The van der Waals surface area contributed by atoms with E-state index in [1.807, 2.05) is 12.1 Å². The molecule has 0 amide bonds. The Kier molecular flexibility index (Phi) is 7.94. The molecule has 54 heavy (non-hydrogen) atoms. The Morgan fingerprint density at radius 1 is 0.426 bits per heavy atom. The van der Waals surface area contributed by atoms with Gasteiger partial charge < -0.3 is 9.55 Å². The summed E-state index contributed by atoms with van der Waals surface area (Å²) < 4.78 is 2.43. The van der Waals surface area contributed by atoms with Crippen molar-refractivity contribution < 1.29 is 0 Å². The Balaban J connectivity index is 0.00000178. The van der Waals surface area contributed by atoms with Gasteiger partial charge in [0.05, 0.1) is 27.9 Å². The summed E-state index contributed by atoms with van der Waals surface area (Å²) in [5, 5.41) is 9.83. The highest BCUT2D eigenvalue weighted by Crippen LogP contribution is 2.41. The second-order valence-corrected chi connectivity index (χ2v) is 13.5. The molecule has 0 atom stereocenters. The number of aromatic amines is 1. The fourth-order valence-corrected chi connectivity index (χ4v) is 7.96. The smallest absolute Gasteiger partial charge is 0.160 e. The second-order valence-electron chi connectivity index (χ2n) is 13.5. The number of hydrogen-bond acceptors (Lipinski definition) is 4. The molecule has 0 fully saturated rings. The van der Waals surface area contributed by atoms with Crippen LogP contribution in [0.2, 0.25) is 0 Å². The van der Waals surface area contributed by atoms with Gasteiger partial charge in [-0.2, -0.15) is 0 Å². The van der Waals surface area contributed by atoms with E-state index in [1.165, 1.54) is 54.1 Å². The molecule has 0 aliphatic heterocycles. The lowest BCUT2D eigenvalue weighted by atomic mass is 10.0. The van der Waals surface area contributed by atoms with Crippen LogP contribution in [-0.4, -0.2) is 19.5 Å². The zero-order valence-electron chi connectivity index (χ0n) is 29.0. The fourth-order valence-electron chi connectivity index (χ4n) is 7.96. The summed E-state index contributed by atoms with van der Waals surface area (Å²) in [5.41, 5.74) is 10.6. The number of H-pyrrole nitrogens is 1. The summed E-state index contributed by atoms with van der Waals surface area (Å²) in [7, 11) is 0. The summed E-state index contributed by atoms with van der Waals surface area (Å²) in [6, 6.07) is 62.6. The maximum atomic E-state index is 5.09. The monoisotopic (exact) mass is 728 g/mol. The standard InChI is InChI=1S/C48H30N4.H2S2/c1-3-11-30(12-4-1)42-29-43(31-13-5-2-6-14-31)51-48(50-42)32-19-21-37(22-20-32)52-45-28-36-18-10-8-16-34(36)26-41(45)39-24-23-38-40-25-33-15-7-9-17-35(33)27-44(40)49-46(38)47(39)52;1-2/h1-29,49H;1-2H. The molecule has 0 saturated carbocycles. The summed E-state index contributed by atoms with van der Waals surface area (Å²) in [6.45, 7) is 0. The van der Waals surface area contributed by atoms with Crippen molar-refractivity contribution in [3.05, 3.63) is 176 Å². The Hall–Kier alpha value is -6.34. The molecule has 0 aliphatic rings. The topological polar surface area (TPSA) is 46.5 Å². The van der Waals surface area contributed by atoms with Crippen molar-refractivity contribution >= 4 is 88.5 Å². The first-order valence-corrected chi connectivity index (χ1v) is 19.5. The van der Waals surface area contributed by atoms with Gasteiger partial charge in [0.25, 0.3) is 0 Å². The summed E-state index contributed by atoms with van der Waals surface area (Å²) in [4.78, 5) is 14.0. The van der Waals surface area contributed by atoms with E-state index in [4.69, 9.17) is 9.97 Å². The van der Waals surface area contributed by atoms with E-state index in [-0.39, 0.29) is 0 Å². The SMILES string of the molecule is SS.c1ccc(-c2cc(-c3ccccc3)nc(-c3ccc(-n4c5cc6ccccc6cc5c5ccc6c7cc8ccccc8cc7[nH]c6c54)cc3)n2)cc1. The van der Waals surface area contributed by atoms with Crippen molar-refractivity contribution in [3.8, 4) is 39.6 Å². The van der Waals surface area contributed by atoms with E-state index >= 15 is 0 Å². The number of nitrogens with zero attached hydrogens (tertiary/aromatic N) is 3. The van der Waals surface area contributed by atoms with Crippen LogP contribution in [0.25, 0.3) is 105 Å². The Morgan fingerprint density at radius 2 is 0.944 bits per heavy atom. The molecule has 11 aromatic rings. The van der Waals surface area contributed by atoms with Crippen LogP contribution >= 0.6 is 23.3 Å². The van der Waals surface area contributed by atoms with Gasteiger partial charge in [-0.25, -0.2) is 9.97 Å². The molecular weight excluding hydrogens is 697 g/mol. The summed E-state index contributed by atoms with van der Waals surface area (Å²) >= 11 is 6.44. The first kappa shape index (κ1) is 32.3. The minimum absolute atomic E-state index is 0.699. The van der Waals surface area contributed by atoms with Gasteiger partial charge in [-0.3, -0.25) is 0 Å². The van der Waals surface area contributed by atoms with Gasteiger partial charge in [0.15, 0.2) is 5.82 Å². The van der Waals surface area contributed by atoms with E-state index < -0.39 is 0 Å².